The van der Waals surface area contributed by atoms with Crippen LogP contribution in [0.1, 0.15) is 93.9 Å². The molecule has 5 aromatic rings. The molecule has 0 bridgehead atoms. The van der Waals surface area contributed by atoms with E-state index < -0.39 is 169 Å². The van der Waals surface area contributed by atoms with E-state index in [0.29, 0.717) is 59.0 Å². The molecule has 32 nitrogen and oxygen atoms in total. The standard InChI is InChI=1S/C70H95N15O17/c1-40(88)59(69(101)82-53(34-44-22-10-5-11-23-44)67(99)85-60(41(2)89)70(102)83-56(39-87)68(100)76-46(38-86)28-29-58(91)92)84-62(94)50(27-15-17-31-72)77-65(97)54(35-45-37-75-49-26-13-12-24-47(45)49)81-64(96)52(33-43-20-8-4-9-21-43)79-63(95)51(32-42-18-6-3-7-19-42)80-66(98)55(36-57(74)90)78-61(93)48(73)25-14-16-30-71/h3-13,18-24,26,37-38,40-41,46,48,50-56,59-60,75,87-89H,14-17,25,27-36,39,71-73H2,1-2H3,(H2,74,90)(H,76,100)(H,77,97)(H,78,93)(H,79,95)(H,80,98)(H,81,96)(H,82,101)(H,83,102)(H,84,94)(H,85,99)(H,91,92)/t40-,41-,46+,48+,50+,51+,52+,53+,54+,55+,56+,59+,60+/m1/s1. The highest BCUT2D eigenvalue weighted by atomic mass is 16.4. The largest absolute Gasteiger partial charge is 0.481 e. The highest BCUT2D eigenvalue weighted by Crippen LogP contribution is 2.21. The molecule has 23 N–H and O–H groups in total. The number of amides is 11. The van der Waals surface area contributed by atoms with Crippen LogP contribution in [0, 0.1) is 0 Å². The zero-order valence-electron chi connectivity index (χ0n) is 56.8. The number of carboxylic acid groups (broad SMARTS) is 1. The average Bonchev–Trinajstić information content (AvgIpc) is 1.58. The van der Waals surface area contributed by atoms with Gasteiger partial charge in [-0.25, -0.2) is 0 Å². The number of aliphatic hydroxyl groups excluding tert-OH is 3. The number of rotatable bonds is 45. The van der Waals surface area contributed by atoms with Gasteiger partial charge in [0, 0.05) is 49.2 Å². The van der Waals surface area contributed by atoms with Crippen LogP contribution >= 0.6 is 0 Å². The quantitative estimate of drug-likeness (QED) is 0.0133. The maximum absolute atomic E-state index is 15.2. The first-order chi connectivity index (χ1) is 48.7. The Morgan fingerprint density at radius 2 is 0.833 bits per heavy atom. The third kappa shape index (κ3) is 27.2. The molecule has 0 spiro atoms. The fourth-order valence-electron chi connectivity index (χ4n) is 10.9. The van der Waals surface area contributed by atoms with Gasteiger partial charge in [0.1, 0.15) is 60.7 Å². The van der Waals surface area contributed by atoms with Gasteiger partial charge in [-0.2, -0.15) is 0 Å². The predicted octanol–water partition coefficient (Wildman–Crippen LogP) is -3.44. The minimum absolute atomic E-state index is 0.132. The van der Waals surface area contributed by atoms with Crippen LogP contribution in [0.15, 0.2) is 121 Å². The van der Waals surface area contributed by atoms with Crippen LogP contribution < -0.4 is 76.1 Å². The number of nitrogens with one attached hydrogen (secondary N) is 11. The second-order valence-corrected chi connectivity index (χ2v) is 24.7. The van der Waals surface area contributed by atoms with E-state index in [0.717, 1.165) is 13.8 Å². The number of primary amides is 1. The Morgan fingerprint density at radius 3 is 1.27 bits per heavy atom. The smallest absolute Gasteiger partial charge is 0.303 e. The lowest BCUT2D eigenvalue weighted by atomic mass is 10.00. The Morgan fingerprint density at radius 1 is 0.451 bits per heavy atom. The molecular weight excluding hydrogens is 1320 g/mol. The van der Waals surface area contributed by atoms with Gasteiger partial charge in [0.2, 0.25) is 65.0 Å². The first kappa shape index (κ1) is 82.2. The highest BCUT2D eigenvalue weighted by Gasteiger charge is 2.38. The molecule has 552 valence electrons. The van der Waals surface area contributed by atoms with Crippen LogP contribution in [-0.4, -0.2) is 201 Å². The fourth-order valence-corrected chi connectivity index (χ4v) is 10.9. The van der Waals surface area contributed by atoms with Gasteiger partial charge >= 0.3 is 5.97 Å². The minimum atomic E-state index is -1.89. The van der Waals surface area contributed by atoms with Crippen molar-refractivity contribution in [3.8, 4) is 0 Å². The van der Waals surface area contributed by atoms with E-state index in [1.807, 2.05) is 0 Å². The van der Waals surface area contributed by atoms with E-state index in [-0.39, 0.29) is 64.2 Å². The first-order valence-corrected chi connectivity index (χ1v) is 33.5. The second kappa shape index (κ2) is 42.6. The molecule has 5 rings (SSSR count). The van der Waals surface area contributed by atoms with Crippen molar-refractivity contribution in [1.82, 2.24) is 58.2 Å². The van der Waals surface area contributed by atoms with Gasteiger partial charge in [0.25, 0.3) is 0 Å². The maximum Gasteiger partial charge on any atom is 0.303 e. The molecule has 0 saturated heterocycles. The molecule has 0 aliphatic rings. The molecule has 0 fully saturated rings. The molecule has 32 heteroatoms. The van der Waals surface area contributed by atoms with Gasteiger partial charge in [-0.05, 0) is 93.8 Å². The number of para-hydroxylation sites is 1. The monoisotopic (exact) mass is 1420 g/mol. The Bertz CT molecular complexity index is 3600. The predicted molar refractivity (Wildman–Crippen MR) is 373 cm³/mol. The Hall–Kier alpha value is -10.5. The zero-order chi connectivity index (χ0) is 74.8. The number of aliphatic hydroxyl groups is 3. The number of aldehydes is 1. The average molecular weight is 1420 g/mol. The molecule has 0 saturated carbocycles. The lowest BCUT2D eigenvalue weighted by Crippen LogP contribution is -2.63. The summed E-state index contributed by atoms with van der Waals surface area (Å²) in [5.74, 6) is -12.4. The van der Waals surface area contributed by atoms with Crippen molar-refractivity contribution in [3.05, 3.63) is 144 Å². The number of H-pyrrole nitrogens is 1. The summed E-state index contributed by atoms with van der Waals surface area (Å²) in [6.45, 7) is 1.72. The molecule has 13 atom stereocenters. The summed E-state index contributed by atoms with van der Waals surface area (Å²) in [7, 11) is 0. The molecule has 102 heavy (non-hydrogen) atoms. The number of aromatic nitrogens is 1. The van der Waals surface area contributed by atoms with E-state index in [2.05, 4.69) is 58.2 Å². The zero-order valence-corrected chi connectivity index (χ0v) is 56.8. The number of nitrogens with two attached hydrogens (primary N) is 4. The van der Waals surface area contributed by atoms with Gasteiger partial charge in [-0.15, -0.1) is 0 Å². The molecule has 0 unspecified atom stereocenters. The number of aromatic amines is 1. The first-order valence-electron chi connectivity index (χ1n) is 33.5. The van der Waals surface area contributed by atoms with Crippen molar-refractivity contribution in [2.45, 2.75) is 176 Å². The fraction of sp³-hybridized carbons (Fsp3) is 0.443. The van der Waals surface area contributed by atoms with E-state index in [9.17, 15) is 68.1 Å². The number of carbonyl (C=O) groups excluding carboxylic acids is 12. The molecule has 4 aromatic carbocycles. The summed E-state index contributed by atoms with van der Waals surface area (Å²) in [5.41, 5.74) is 25.9. The van der Waals surface area contributed by atoms with E-state index in [4.69, 9.17) is 28.0 Å². The number of aliphatic carboxylic acids is 1. The second-order valence-electron chi connectivity index (χ2n) is 24.7. The van der Waals surface area contributed by atoms with Crippen LogP contribution in [0.3, 0.4) is 0 Å². The van der Waals surface area contributed by atoms with Crippen molar-refractivity contribution in [3.63, 3.8) is 0 Å². The number of carboxylic acids is 1. The van der Waals surface area contributed by atoms with Gasteiger partial charge in [0.15, 0.2) is 0 Å². The number of hydrogen-bond donors (Lipinski definition) is 19. The summed E-state index contributed by atoms with van der Waals surface area (Å²) in [4.78, 5) is 181. The SMILES string of the molecule is C[C@@H](O)[C@H](NC(=O)[C@H](Cc1ccccc1)NC(=O)[C@@H](NC(=O)[C@H](CCCCN)NC(=O)[C@H](Cc1c[nH]c2ccccc12)NC(=O)[C@H](Cc1ccccc1)NC(=O)[C@H](Cc1ccccc1)NC(=O)[C@H](CC(N)=O)NC(=O)[C@@H](N)CCCCN)[C@@H](C)O)C(=O)N[C@@H](CO)C(=O)N[C@H](C=O)CCC(=O)O. The third-order valence-electron chi connectivity index (χ3n) is 16.5. The summed E-state index contributed by atoms with van der Waals surface area (Å²) < 4.78 is 0. The van der Waals surface area contributed by atoms with Crippen LogP contribution in [0.4, 0.5) is 0 Å². The molecule has 0 radical (unpaired) electrons. The van der Waals surface area contributed by atoms with E-state index in [1.165, 1.54) is 0 Å². The molecule has 1 heterocycles. The van der Waals surface area contributed by atoms with Gasteiger partial charge < -0.3 is 106 Å². The summed E-state index contributed by atoms with van der Waals surface area (Å²) in [6, 6.07) is 14.9. The molecule has 1 aromatic heterocycles. The normalized spacial score (nSPS) is 15.0. The summed E-state index contributed by atoms with van der Waals surface area (Å²) >= 11 is 0. The van der Waals surface area contributed by atoms with Crippen molar-refractivity contribution in [2.75, 3.05) is 19.7 Å². The maximum atomic E-state index is 15.2. The van der Waals surface area contributed by atoms with Crippen LogP contribution in [0.2, 0.25) is 0 Å². The van der Waals surface area contributed by atoms with Crippen LogP contribution in [0.25, 0.3) is 10.9 Å². The molecule has 0 aliphatic heterocycles. The molecule has 0 aliphatic carbocycles. The van der Waals surface area contributed by atoms with Crippen molar-refractivity contribution in [1.29, 1.82) is 0 Å². The van der Waals surface area contributed by atoms with Crippen molar-refractivity contribution < 1.29 is 82.8 Å². The molecular formula is C70H95N15O17. The number of benzene rings is 4. The third-order valence-corrected chi connectivity index (χ3v) is 16.5. The lowest BCUT2D eigenvalue weighted by Gasteiger charge is -2.29. The van der Waals surface area contributed by atoms with Gasteiger partial charge in [-0.3, -0.25) is 57.5 Å². The van der Waals surface area contributed by atoms with Crippen LogP contribution in [0.5, 0.6) is 0 Å². The highest BCUT2D eigenvalue weighted by molar-refractivity contribution is 6.00. The lowest BCUT2D eigenvalue weighted by molar-refractivity contribution is -0.138. The minimum Gasteiger partial charge on any atom is -0.481 e. The van der Waals surface area contributed by atoms with E-state index in [1.54, 1.807) is 121 Å². The van der Waals surface area contributed by atoms with E-state index >= 15 is 9.59 Å². The number of fused-ring (bicyclic) bond motifs is 1. The van der Waals surface area contributed by atoms with Gasteiger partial charge in [-0.1, -0.05) is 116 Å². The Labute approximate surface area is 589 Å². The topological polar surface area (TPSA) is 543 Å². The Kier molecular flexibility index (Phi) is 34.3. The van der Waals surface area contributed by atoms with Crippen LogP contribution in [-0.2, 0) is 88.0 Å². The van der Waals surface area contributed by atoms with Gasteiger partial charge in [0.05, 0.1) is 37.3 Å². The van der Waals surface area contributed by atoms with Crippen molar-refractivity contribution >= 4 is 88.1 Å². The number of carbonyl (C=O) groups is 13. The van der Waals surface area contributed by atoms with Crippen molar-refractivity contribution in [2.24, 2.45) is 22.9 Å². The number of hydrogen-bond acceptors (Lipinski definition) is 19. The summed E-state index contributed by atoms with van der Waals surface area (Å²) in [6.07, 6.45) is -2.29. The molecule has 11 amide bonds. The number of unbranched alkanes of at least 4 members (excludes halogenated alkanes) is 2. The Balaban J connectivity index is 1.45. The summed E-state index contributed by atoms with van der Waals surface area (Å²) in [5, 5.41) is 66.9.